The van der Waals surface area contributed by atoms with E-state index in [9.17, 15) is 18.0 Å². The van der Waals surface area contributed by atoms with Crippen LogP contribution in [0.15, 0.2) is 48.5 Å². The van der Waals surface area contributed by atoms with Crippen LogP contribution in [-0.4, -0.2) is 64.7 Å². The van der Waals surface area contributed by atoms with Gasteiger partial charge in [-0.15, -0.1) is 0 Å². The molecule has 1 N–H and O–H groups in total. The van der Waals surface area contributed by atoms with Crippen molar-refractivity contribution in [1.29, 1.82) is 0 Å². The summed E-state index contributed by atoms with van der Waals surface area (Å²) in [6.07, 6.45) is 2.29. The summed E-state index contributed by atoms with van der Waals surface area (Å²) in [6, 6.07) is 13.3. The van der Waals surface area contributed by atoms with Gasteiger partial charge in [0.25, 0.3) is 0 Å². The van der Waals surface area contributed by atoms with E-state index in [0.29, 0.717) is 23.7 Å². The molecule has 2 aromatic carbocycles. The minimum absolute atomic E-state index is 0.0809. The van der Waals surface area contributed by atoms with Crippen molar-refractivity contribution >= 4 is 27.5 Å². The number of ether oxygens (including phenoxy) is 2. The number of anilines is 1. The van der Waals surface area contributed by atoms with Gasteiger partial charge in [0, 0.05) is 26.1 Å². The molecule has 0 unspecified atom stereocenters. The number of hydrogen-bond donors (Lipinski definition) is 1. The average Bonchev–Trinajstić information content (AvgIpc) is 2.87. The minimum Gasteiger partial charge on any atom is -0.497 e. The van der Waals surface area contributed by atoms with Gasteiger partial charge in [-0.2, -0.15) is 0 Å². The van der Waals surface area contributed by atoms with Crippen molar-refractivity contribution in [2.24, 2.45) is 0 Å². The summed E-state index contributed by atoms with van der Waals surface area (Å²) in [5.74, 6) is 0.807. The number of carbonyl (C=O) groups is 2. The summed E-state index contributed by atoms with van der Waals surface area (Å²) in [5, 5.41) is 2.85. The van der Waals surface area contributed by atoms with Gasteiger partial charge in [0.2, 0.25) is 21.8 Å². The van der Waals surface area contributed by atoms with E-state index in [1.807, 2.05) is 31.2 Å². The Morgan fingerprint density at radius 3 is 2.28 bits per heavy atom. The fourth-order valence-corrected chi connectivity index (χ4v) is 4.66. The highest BCUT2D eigenvalue weighted by Crippen LogP contribution is 2.22. The van der Waals surface area contributed by atoms with Gasteiger partial charge in [-0.1, -0.05) is 19.1 Å². The zero-order valence-electron chi connectivity index (χ0n) is 21.7. The zero-order chi connectivity index (χ0) is 26.7. The number of hydrogen-bond acceptors (Lipinski definition) is 6. The smallest absolute Gasteiger partial charge is 0.242 e. The molecule has 0 saturated heterocycles. The van der Waals surface area contributed by atoms with Gasteiger partial charge < -0.3 is 19.7 Å². The Labute approximate surface area is 214 Å². The van der Waals surface area contributed by atoms with Crippen LogP contribution in [0.5, 0.6) is 11.5 Å². The first kappa shape index (κ1) is 29.0. The molecule has 2 rings (SSSR count). The van der Waals surface area contributed by atoms with Crippen LogP contribution < -0.4 is 19.1 Å². The van der Waals surface area contributed by atoms with Gasteiger partial charge in [-0.25, -0.2) is 8.42 Å². The Morgan fingerprint density at radius 1 is 1.03 bits per heavy atom. The molecule has 0 saturated carbocycles. The number of amides is 2. The van der Waals surface area contributed by atoms with Crippen LogP contribution in [0.2, 0.25) is 0 Å². The maximum Gasteiger partial charge on any atom is 0.242 e. The molecule has 0 radical (unpaired) electrons. The summed E-state index contributed by atoms with van der Waals surface area (Å²) in [5.41, 5.74) is 1.32. The number of rotatable bonds is 14. The highest BCUT2D eigenvalue weighted by atomic mass is 32.2. The quantitative estimate of drug-likeness (QED) is 0.411. The van der Waals surface area contributed by atoms with Crippen molar-refractivity contribution in [3.8, 4) is 11.5 Å². The number of sulfonamides is 1. The fourth-order valence-electron chi connectivity index (χ4n) is 3.70. The lowest BCUT2D eigenvalue weighted by Gasteiger charge is -2.29. The first-order chi connectivity index (χ1) is 17.1. The molecule has 0 bridgehead atoms. The third-order valence-electron chi connectivity index (χ3n) is 5.72. The molecule has 0 heterocycles. The lowest BCUT2D eigenvalue weighted by Crippen LogP contribution is -2.47. The van der Waals surface area contributed by atoms with Gasteiger partial charge >= 0.3 is 0 Å². The summed E-state index contributed by atoms with van der Waals surface area (Å²) in [6.45, 7) is 4.53. The SMILES string of the molecule is CCCNC(=O)[C@@H](C)N(Cc1cccc(OC)c1)C(=O)CCCN(c1ccc(OC)cc1)S(C)(=O)=O. The number of nitrogens with zero attached hydrogens (tertiary/aromatic N) is 2. The second kappa shape index (κ2) is 13.7. The number of benzene rings is 2. The van der Waals surface area contributed by atoms with E-state index < -0.39 is 16.1 Å². The van der Waals surface area contributed by atoms with Gasteiger partial charge in [0.15, 0.2) is 0 Å². The monoisotopic (exact) mass is 519 g/mol. The van der Waals surface area contributed by atoms with Gasteiger partial charge in [-0.05, 0) is 61.7 Å². The van der Waals surface area contributed by atoms with E-state index in [-0.39, 0.29) is 37.7 Å². The Balaban J connectivity index is 2.16. The molecule has 0 spiro atoms. The molecule has 10 heteroatoms. The van der Waals surface area contributed by atoms with Crippen LogP contribution in [0, 0.1) is 0 Å². The van der Waals surface area contributed by atoms with Crippen molar-refractivity contribution in [2.45, 2.75) is 45.7 Å². The second-order valence-corrected chi connectivity index (χ2v) is 10.4. The molecule has 198 valence electrons. The largest absolute Gasteiger partial charge is 0.497 e. The molecule has 36 heavy (non-hydrogen) atoms. The standard InChI is InChI=1S/C26H37N3O6S/c1-6-16-27-26(31)20(2)28(19-21-9-7-10-24(18-21)35-4)25(30)11-8-17-29(36(5,32)33)22-12-14-23(34-3)15-13-22/h7,9-10,12-15,18,20H,6,8,11,16-17,19H2,1-5H3,(H,27,31)/t20-/m1/s1. The van der Waals surface area contributed by atoms with Crippen molar-refractivity contribution in [3.63, 3.8) is 0 Å². The second-order valence-electron chi connectivity index (χ2n) is 8.48. The molecular weight excluding hydrogens is 482 g/mol. The van der Waals surface area contributed by atoms with Crippen molar-refractivity contribution in [3.05, 3.63) is 54.1 Å². The van der Waals surface area contributed by atoms with Gasteiger partial charge in [0.05, 0.1) is 26.2 Å². The molecule has 2 aromatic rings. The van der Waals surface area contributed by atoms with Crippen LogP contribution in [0.1, 0.15) is 38.7 Å². The minimum atomic E-state index is -3.56. The van der Waals surface area contributed by atoms with Crippen LogP contribution >= 0.6 is 0 Å². The lowest BCUT2D eigenvalue weighted by molar-refractivity contribution is -0.140. The van der Waals surface area contributed by atoms with Gasteiger partial charge in [-0.3, -0.25) is 13.9 Å². The Hall–Kier alpha value is -3.27. The van der Waals surface area contributed by atoms with E-state index >= 15 is 0 Å². The zero-order valence-corrected chi connectivity index (χ0v) is 22.5. The molecule has 0 fully saturated rings. The number of methoxy groups -OCH3 is 2. The molecule has 0 aliphatic rings. The van der Waals surface area contributed by atoms with E-state index in [4.69, 9.17) is 9.47 Å². The van der Waals surface area contributed by atoms with Crippen LogP contribution in [0.3, 0.4) is 0 Å². The highest BCUT2D eigenvalue weighted by Gasteiger charge is 2.26. The van der Waals surface area contributed by atoms with E-state index in [1.54, 1.807) is 38.3 Å². The van der Waals surface area contributed by atoms with E-state index in [2.05, 4.69) is 5.32 Å². The number of carbonyl (C=O) groups excluding carboxylic acids is 2. The average molecular weight is 520 g/mol. The molecule has 0 aromatic heterocycles. The van der Waals surface area contributed by atoms with Crippen LogP contribution in [0.25, 0.3) is 0 Å². The molecule has 0 aliphatic heterocycles. The summed E-state index contributed by atoms with van der Waals surface area (Å²) < 4.78 is 36.6. The van der Waals surface area contributed by atoms with Crippen molar-refractivity contribution < 1.29 is 27.5 Å². The highest BCUT2D eigenvalue weighted by molar-refractivity contribution is 7.92. The third-order valence-corrected chi connectivity index (χ3v) is 6.91. The normalized spacial score (nSPS) is 11.9. The van der Waals surface area contributed by atoms with E-state index in [1.165, 1.54) is 16.3 Å². The summed E-state index contributed by atoms with van der Waals surface area (Å²) in [7, 11) is -0.456. The molecule has 2 amide bonds. The number of nitrogens with one attached hydrogen (secondary N) is 1. The fraction of sp³-hybridized carbons (Fsp3) is 0.462. The lowest BCUT2D eigenvalue weighted by atomic mass is 10.1. The predicted molar refractivity (Wildman–Crippen MR) is 141 cm³/mol. The molecular formula is C26H37N3O6S. The van der Waals surface area contributed by atoms with Crippen molar-refractivity contribution in [2.75, 3.05) is 37.9 Å². The van der Waals surface area contributed by atoms with E-state index in [0.717, 1.165) is 18.2 Å². The first-order valence-electron chi connectivity index (χ1n) is 11.9. The Bertz CT molecular complexity index is 1100. The third kappa shape index (κ3) is 8.44. The predicted octanol–water partition coefficient (Wildman–Crippen LogP) is 3.19. The maximum atomic E-state index is 13.3. The van der Waals surface area contributed by atoms with Gasteiger partial charge in [0.1, 0.15) is 17.5 Å². The summed E-state index contributed by atoms with van der Waals surface area (Å²) >= 11 is 0. The molecule has 9 nitrogen and oxygen atoms in total. The topological polar surface area (TPSA) is 105 Å². The van der Waals surface area contributed by atoms with Crippen LogP contribution in [-0.2, 0) is 26.2 Å². The molecule has 0 aliphatic carbocycles. The van der Waals surface area contributed by atoms with Crippen molar-refractivity contribution in [1.82, 2.24) is 10.2 Å². The maximum absolute atomic E-state index is 13.3. The Morgan fingerprint density at radius 2 is 1.69 bits per heavy atom. The first-order valence-corrected chi connectivity index (χ1v) is 13.8. The summed E-state index contributed by atoms with van der Waals surface area (Å²) in [4.78, 5) is 27.5. The van der Waals surface area contributed by atoms with Crippen LogP contribution in [0.4, 0.5) is 5.69 Å². The molecule has 1 atom stereocenters. The Kier molecular flexibility index (Phi) is 11.0.